The molecule has 0 amide bonds. The molecule has 0 spiro atoms. The fourth-order valence-corrected chi connectivity index (χ4v) is 9.54. The van der Waals surface area contributed by atoms with Crippen molar-refractivity contribution < 1.29 is 19.7 Å². The summed E-state index contributed by atoms with van der Waals surface area (Å²) in [5.74, 6) is 1.68. The number of aliphatic hydroxyl groups is 2. The molecule has 3 saturated heterocycles. The van der Waals surface area contributed by atoms with Gasteiger partial charge in [-0.1, -0.05) is 6.92 Å². The summed E-state index contributed by atoms with van der Waals surface area (Å²) in [5.41, 5.74) is -1.44. The summed E-state index contributed by atoms with van der Waals surface area (Å²) in [5, 5.41) is 23.8. The summed E-state index contributed by atoms with van der Waals surface area (Å²) >= 11 is 0. The topological polar surface area (TPSA) is 70.0 Å². The number of carbonyl (C=O) groups excluding carboxylic acids is 1. The van der Waals surface area contributed by atoms with Crippen LogP contribution in [0.1, 0.15) is 58.3 Å². The zero-order valence-electron chi connectivity index (χ0n) is 16.4. The molecule has 3 heterocycles. The maximum atomic E-state index is 12.6. The Kier molecular flexibility index (Phi) is 3.37. The summed E-state index contributed by atoms with van der Waals surface area (Å²) < 4.78 is 5.83. The molecule has 27 heavy (non-hydrogen) atoms. The van der Waals surface area contributed by atoms with E-state index in [-0.39, 0.29) is 29.3 Å². The molecule has 6 rings (SSSR count). The van der Waals surface area contributed by atoms with Crippen LogP contribution >= 0.6 is 0 Å². The van der Waals surface area contributed by atoms with Gasteiger partial charge in [-0.25, -0.2) is 0 Å². The summed E-state index contributed by atoms with van der Waals surface area (Å²) in [4.78, 5) is 14.8. The highest BCUT2D eigenvalue weighted by atomic mass is 16.5. The number of nitrogens with zero attached hydrogens (tertiary/aromatic N) is 1. The molecule has 4 bridgehead atoms. The average molecular weight is 376 g/mol. The molecule has 6 aliphatic rings. The molecule has 2 N–H and O–H groups in total. The number of rotatable bonds is 0. The Morgan fingerprint density at radius 2 is 1.93 bits per heavy atom. The highest BCUT2D eigenvalue weighted by molar-refractivity contribution is 5.70. The number of ether oxygens (including phenoxy) is 1. The summed E-state index contributed by atoms with van der Waals surface area (Å²) in [6.45, 7) is 4.65. The molecule has 0 radical (unpaired) electrons. The van der Waals surface area contributed by atoms with Crippen molar-refractivity contribution in [2.45, 2.75) is 70.1 Å². The highest BCUT2D eigenvalue weighted by Crippen LogP contribution is 2.77. The van der Waals surface area contributed by atoms with E-state index in [4.69, 9.17) is 4.74 Å². The first-order valence-corrected chi connectivity index (χ1v) is 11.3. The third-order valence-corrected chi connectivity index (χ3v) is 10.3. The van der Waals surface area contributed by atoms with E-state index in [0.29, 0.717) is 37.2 Å². The molecule has 0 aromatic carbocycles. The number of hydrogen-bond donors (Lipinski definition) is 2. The molecular weight excluding hydrogens is 342 g/mol. The maximum absolute atomic E-state index is 12.6. The first kappa shape index (κ1) is 17.2. The van der Waals surface area contributed by atoms with Crippen LogP contribution in [-0.2, 0) is 9.53 Å². The van der Waals surface area contributed by atoms with Gasteiger partial charge in [-0.15, -0.1) is 0 Å². The summed E-state index contributed by atoms with van der Waals surface area (Å²) in [7, 11) is 0. The smallest absolute Gasteiger partial charge is 0.305 e. The minimum atomic E-state index is -0.881. The average Bonchev–Trinajstić information content (AvgIpc) is 3.05. The monoisotopic (exact) mass is 375 g/mol. The number of carbonyl (C=O) groups is 1. The van der Waals surface area contributed by atoms with E-state index in [9.17, 15) is 15.0 Å². The summed E-state index contributed by atoms with van der Waals surface area (Å²) in [6, 6.07) is 0. The van der Waals surface area contributed by atoms with Gasteiger partial charge in [-0.3, -0.25) is 9.69 Å². The van der Waals surface area contributed by atoms with Gasteiger partial charge in [0.1, 0.15) is 5.72 Å². The van der Waals surface area contributed by atoms with Gasteiger partial charge >= 0.3 is 5.97 Å². The molecule has 0 aromatic rings. The Bertz CT molecular complexity index is 683. The number of esters is 1. The van der Waals surface area contributed by atoms with Gasteiger partial charge in [0.2, 0.25) is 0 Å². The highest BCUT2D eigenvalue weighted by Gasteiger charge is 2.81. The quantitative estimate of drug-likeness (QED) is 0.635. The Morgan fingerprint density at radius 1 is 1.11 bits per heavy atom. The third kappa shape index (κ3) is 1.73. The molecule has 9 atom stereocenters. The zero-order valence-corrected chi connectivity index (χ0v) is 16.4. The Balaban J connectivity index is 1.65. The van der Waals surface area contributed by atoms with Crippen LogP contribution < -0.4 is 0 Å². The molecule has 5 nitrogen and oxygen atoms in total. The van der Waals surface area contributed by atoms with Gasteiger partial charge in [-0.05, 0) is 68.6 Å². The second kappa shape index (κ2) is 5.28. The van der Waals surface area contributed by atoms with E-state index in [0.717, 1.165) is 51.6 Å². The first-order valence-electron chi connectivity index (χ1n) is 11.3. The van der Waals surface area contributed by atoms with E-state index < -0.39 is 11.1 Å². The first-order chi connectivity index (χ1) is 12.9. The van der Waals surface area contributed by atoms with E-state index in [1.807, 2.05) is 0 Å². The van der Waals surface area contributed by atoms with Crippen molar-refractivity contribution >= 4 is 5.97 Å². The van der Waals surface area contributed by atoms with Crippen LogP contribution in [0.5, 0.6) is 0 Å². The molecule has 3 aliphatic carbocycles. The SMILES string of the molecule is C[C@@H]1CN2C[C@H]3CC[C@H]4CCC(O)C4[C@]45CCC(=O)OC[C@]34CC[C@H]1[C@@]25O. The van der Waals surface area contributed by atoms with Gasteiger partial charge in [0.05, 0.1) is 12.7 Å². The standard InChI is InChI=1S/C22H33NO4/c1-13-10-23-11-15-4-2-14-3-5-17(24)19(14)21-9-7-18(25)27-12-20(15,21)8-6-16(13)22(21,23)26/h13-17,19,24,26H,2-12H2,1H3/t13-,14+,15-,16-,17?,19?,20-,21-,22+/m1/s1. The lowest BCUT2D eigenvalue weighted by molar-refractivity contribution is -0.342. The predicted molar refractivity (Wildman–Crippen MR) is 98.4 cm³/mol. The molecule has 2 unspecified atom stereocenters. The van der Waals surface area contributed by atoms with Gasteiger partial charge < -0.3 is 14.9 Å². The van der Waals surface area contributed by atoms with Crippen molar-refractivity contribution in [3.8, 4) is 0 Å². The number of fused-ring (bicyclic) bond motifs is 1. The number of hydrogen-bond acceptors (Lipinski definition) is 5. The summed E-state index contributed by atoms with van der Waals surface area (Å²) in [6.07, 6.45) is 7.04. The second-order valence-electron chi connectivity index (χ2n) is 10.7. The number of cyclic esters (lactones) is 1. The van der Waals surface area contributed by atoms with Gasteiger partial charge in [0.25, 0.3) is 0 Å². The lowest BCUT2D eigenvalue weighted by Gasteiger charge is -2.71. The van der Waals surface area contributed by atoms with Crippen molar-refractivity contribution in [2.75, 3.05) is 19.7 Å². The van der Waals surface area contributed by atoms with Crippen LogP contribution in [-0.4, -0.2) is 52.6 Å². The lowest BCUT2D eigenvalue weighted by atomic mass is 9.39. The second-order valence-corrected chi connectivity index (χ2v) is 10.7. The van der Waals surface area contributed by atoms with Gasteiger partial charge in [-0.2, -0.15) is 0 Å². The molecule has 3 saturated carbocycles. The Labute approximate surface area is 161 Å². The third-order valence-electron chi connectivity index (χ3n) is 10.3. The number of piperidine rings is 1. The zero-order chi connectivity index (χ0) is 18.6. The molecule has 3 aliphatic heterocycles. The largest absolute Gasteiger partial charge is 0.465 e. The van der Waals surface area contributed by atoms with Crippen LogP contribution in [0.15, 0.2) is 0 Å². The Hall–Kier alpha value is -0.650. The molecule has 0 aromatic heterocycles. The normalized spacial score (nSPS) is 59.4. The van der Waals surface area contributed by atoms with Crippen molar-refractivity contribution in [1.82, 2.24) is 4.90 Å². The minimum absolute atomic E-state index is 0.105. The van der Waals surface area contributed by atoms with Crippen LogP contribution in [0.2, 0.25) is 0 Å². The van der Waals surface area contributed by atoms with Crippen molar-refractivity contribution in [2.24, 2.45) is 40.4 Å². The molecular formula is C22H33NO4. The van der Waals surface area contributed by atoms with Crippen molar-refractivity contribution in [3.05, 3.63) is 0 Å². The number of aliphatic hydroxyl groups excluding tert-OH is 1. The predicted octanol–water partition coefficient (Wildman–Crippen LogP) is 2.16. The molecule has 6 fully saturated rings. The van der Waals surface area contributed by atoms with Crippen LogP contribution in [0.3, 0.4) is 0 Å². The van der Waals surface area contributed by atoms with Gasteiger partial charge in [0, 0.05) is 36.3 Å². The van der Waals surface area contributed by atoms with Crippen molar-refractivity contribution in [3.63, 3.8) is 0 Å². The van der Waals surface area contributed by atoms with Gasteiger partial charge in [0.15, 0.2) is 0 Å². The lowest BCUT2D eigenvalue weighted by Crippen LogP contribution is -2.78. The Morgan fingerprint density at radius 3 is 2.78 bits per heavy atom. The van der Waals surface area contributed by atoms with E-state index >= 15 is 0 Å². The van der Waals surface area contributed by atoms with E-state index in [2.05, 4.69) is 11.8 Å². The van der Waals surface area contributed by atoms with E-state index in [1.54, 1.807) is 0 Å². The fourth-order valence-electron chi connectivity index (χ4n) is 9.54. The van der Waals surface area contributed by atoms with Crippen molar-refractivity contribution in [1.29, 1.82) is 0 Å². The van der Waals surface area contributed by atoms with Crippen LogP contribution in [0, 0.1) is 40.4 Å². The molecule has 150 valence electrons. The fraction of sp³-hybridized carbons (Fsp3) is 0.955. The minimum Gasteiger partial charge on any atom is -0.465 e. The van der Waals surface area contributed by atoms with Crippen LogP contribution in [0.25, 0.3) is 0 Å². The maximum Gasteiger partial charge on any atom is 0.305 e. The van der Waals surface area contributed by atoms with E-state index in [1.165, 1.54) is 0 Å². The van der Waals surface area contributed by atoms with Crippen LogP contribution in [0.4, 0.5) is 0 Å². The molecule has 5 heteroatoms.